The van der Waals surface area contributed by atoms with E-state index >= 15 is 0 Å². The number of rotatable bonds is 2. The Balaban J connectivity index is 2.37. The summed E-state index contributed by atoms with van der Waals surface area (Å²) in [4.78, 5) is 4.25. The van der Waals surface area contributed by atoms with Gasteiger partial charge in [-0.1, -0.05) is 0 Å². The van der Waals surface area contributed by atoms with Gasteiger partial charge in [-0.25, -0.2) is 4.98 Å². The van der Waals surface area contributed by atoms with Crippen LogP contribution in [0.3, 0.4) is 0 Å². The lowest BCUT2D eigenvalue weighted by atomic mass is 10.2. The highest BCUT2D eigenvalue weighted by atomic mass is 32.1. The van der Waals surface area contributed by atoms with E-state index in [1.807, 2.05) is 12.3 Å². The van der Waals surface area contributed by atoms with Gasteiger partial charge >= 0.3 is 0 Å². The Hall–Kier alpha value is -1.86. The van der Waals surface area contributed by atoms with Gasteiger partial charge in [0.25, 0.3) is 0 Å². The molecule has 0 atom stereocenters. The fourth-order valence-electron chi connectivity index (χ4n) is 1.14. The lowest BCUT2D eigenvalue weighted by Crippen LogP contribution is -1.80. The molecule has 2 aromatic rings. The van der Waals surface area contributed by atoms with Crippen LogP contribution in [0.25, 0.3) is 11.6 Å². The van der Waals surface area contributed by atoms with Gasteiger partial charge in [-0.2, -0.15) is 5.26 Å². The first-order valence-electron chi connectivity index (χ1n) is 4.37. The SMILES string of the molecule is Cc1csc(/C(C#N)=C\c2ccco2)n1. The molecule has 0 bridgehead atoms. The summed E-state index contributed by atoms with van der Waals surface area (Å²) in [7, 11) is 0. The summed E-state index contributed by atoms with van der Waals surface area (Å²) < 4.78 is 5.14. The average Bonchev–Trinajstić information content (AvgIpc) is 2.85. The molecule has 0 unspecified atom stereocenters. The largest absolute Gasteiger partial charge is 0.465 e. The van der Waals surface area contributed by atoms with Gasteiger partial charge in [0, 0.05) is 17.2 Å². The highest BCUT2D eigenvalue weighted by molar-refractivity contribution is 7.11. The maximum Gasteiger partial charge on any atom is 0.134 e. The molecule has 0 aliphatic carbocycles. The molecule has 2 rings (SSSR count). The Morgan fingerprint density at radius 1 is 1.67 bits per heavy atom. The zero-order valence-electron chi connectivity index (χ0n) is 8.10. The number of nitriles is 1. The van der Waals surface area contributed by atoms with Crippen LogP contribution < -0.4 is 0 Å². The Labute approximate surface area is 91.3 Å². The second-order valence-corrected chi connectivity index (χ2v) is 3.84. The van der Waals surface area contributed by atoms with Crippen LogP contribution in [-0.2, 0) is 0 Å². The Kier molecular flexibility index (Phi) is 2.66. The molecule has 0 aliphatic rings. The Morgan fingerprint density at radius 2 is 2.53 bits per heavy atom. The van der Waals surface area contributed by atoms with Crippen molar-refractivity contribution in [2.45, 2.75) is 6.92 Å². The Morgan fingerprint density at radius 3 is 3.07 bits per heavy atom. The third-order valence-electron chi connectivity index (χ3n) is 1.80. The number of hydrogen-bond donors (Lipinski definition) is 0. The fraction of sp³-hybridized carbons (Fsp3) is 0.0909. The standard InChI is InChI=1S/C11H8N2OS/c1-8-7-15-11(13-8)9(6-12)5-10-3-2-4-14-10/h2-5,7H,1H3/b9-5-. The topological polar surface area (TPSA) is 49.8 Å². The van der Waals surface area contributed by atoms with E-state index in [9.17, 15) is 0 Å². The van der Waals surface area contributed by atoms with E-state index in [4.69, 9.17) is 9.68 Å². The van der Waals surface area contributed by atoms with Crippen LogP contribution >= 0.6 is 11.3 Å². The molecule has 0 spiro atoms. The van der Waals surface area contributed by atoms with Crippen molar-refractivity contribution in [3.63, 3.8) is 0 Å². The van der Waals surface area contributed by atoms with Crippen molar-refractivity contribution >= 4 is 23.0 Å². The van der Waals surface area contributed by atoms with Crippen LogP contribution in [-0.4, -0.2) is 4.98 Å². The summed E-state index contributed by atoms with van der Waals surface area (Å²) in [6.07, 6.45) is 3.27. The van der Waals surface area contributed by atoms with Crippen molar-refractivity contribution < 1.29 is 4.42 Å². The molecule has 0 N–H and O–H groups in total. The van der Waals surface area contributed by atoms with Crippen LogP contribution in [0.4, 0.5) is 0 Å². The molecule has 2 heterocycles. The molecule has 0 saturated heterocycles. The number of nitrogens with zero attached hydrogens (tertiary/aromatic N) is 2. The highest BCUT2D eigenvalue weighted by Gasteiger charge is 2.06. The van der Waals surface area contributed by atoms with Gasteiger partial charge in [0.15, 0.2) is 0 Å². The van der Waals surface area contributed by atoms with Crippen molar-refractivity contribution in [2.24, 2.45) is 0 Å². The third-order valence-corrected chi connectivity index (χ3v) is 2.79. The minimum absolute atomic E-state index is 0.531. The molecule has 15 heavy (non-hydrogen) atoms. The number of allylic oxidation sites excluding steroid dienone is 1. The maximum absolute atomic E-state index is 8.99. The number of aryl methyl sites for hydroxylation is 1. The van der Waals surface area contributed by atoms with Gasteiger partial charge in [0.1, 0.15) is 16.8 Å². The molecule has 0 aromatic carbocycles. The quantitative estimate of drug-likeness (QED) is 0.725. The van der Waals surface area contributed by atoms with Gasteiger partial charge in [-0.3, -0.25) is 0 Å². The summed E-state index contributed by atoms with van der Waals surface area (Å²) in [6, 6.07) is 5.71. The zero-order valence-corrected chi connectivity index (χ0v) is 8.91. The maximum atomic E-state index is 8.99. The first-order valence-corrected chi connectivity index (χ1v) is 5.25. The van der Waals surface area contributed by atoms with Crippen molar-refractivity contribution in [2.75, 3.05) is 0 Å². The van der Waals surface area contributed by atoms with E-state index in [1.165, 1.54) is 11.3 Å². The molecule has 4 heteroatoms. The van der Waals surface area contributed by atoms with Gasteiger partial charge in [-0.05, 0) is 19.1 Å². The van der Waals surface area contributed by atoms with E-state index < -0.39 is 0 Å². The number of furan rings is 1. The van der Waals surface area contributed by atoms with E-state index in [0.717, 1.165) is 10.7 Å². The van der Waals surface area contributed by atoms with Crippen molar-refractivity contribution in [1.82, 2.24) is 4.98 Å². The van der Waals surface area contributed by atoms with Crippen molar-refractivity contribution in [1.29, 1.82) is 5.26 Å². The minimum Gasteiger partial charge on any atom is -0.465 e. The van der Waals surface area contributed by atoms with Crippen molar-refractivity contribution in [3.8, 4) is 6.07 Å². The van der Waals surface area contributed by atoms with Crippen LogP contribution in [0.1, 0.15) is 16.5 Å². The van der Waals surface area contributed by atoms with E-state index in [1.54, 1.807) is 24.5 Å². The monoisotopic (exact) mass is 216 g/mol. The lowest BCUT2D eigenvalue weighted by Gasteiger charge is -1.90. The second-order valence-electron chi connectivity index (χ2n) is 2.98. The summed E-state index contributed by atoms with van der Waals surface area (Å²) >= 11 is 1.46. The first kappa shape index (κ1) is 9.69. The summed E-state index contributed by atoms with van der Waals surface area (Å²) in [6.45, 7) is 1.90. The molecule has 0 saturated carbocycles. The molecule has 0 aliphatic heterocycles. The Bertz CT molecular complexity index is 517. The molecular formula is C11H8N2OS. The zero-order chi connectivity index (χ0) is 10.7. The summed E-state index contributed by atoms with van der Waals surface area (Å²) in [5.41, 5.74) is 1.46. The summed E-state index contributed by atoms with van der Waals surface area (Å²) in [5.74, 6) is 0.666. The minimum atomic E-state index is 0.531. The van der Waals surface area contributed by atoms with E-state index in [-0.39, 0.29) is 0 Å². The van der Waals surface area contributed by atoms with Gasteiger partial charge in [-0.15, -0.1) is 11.3 Å². The number of aromatic nitrogens is 1. The predicted molar refractivity (Wildman–Crippen MR) is 59.0 cm³/mol. The van der Waals surface area contributed by atoms with E-state index in [0.29, 0.717) is 11.3 Å². The van der Waals surface area contributed by atoms with E-state index in [2.05, 4.69) is 11.1 Å². The fourth-order valence-corrected chi connectivity index (χ4v) is 1.90. The van der Waals surface area contributed by atoms with Gasteiger partial charge in [0.05, 0.1) is 11.8 Å². The van der Waals surface area contributed by atoms with Crippen LogP contribution in [0.2, 0.25) is 0 Å². The predicted octanol–water partition coefficient (Wildman–Crippen LogP) is 3.11. The van der Waals surface area contributed by atoms with Gasteiger partial charge < -0.3 is 4.42 Å². The first-order chi connectivity index (χ1) is 7.29. The summed E-state index contributed by atoms with van der Waals surface area (Å²) in [5, 5.41) is 11.6. The molecule has 3 nitrogen and oxygen atoms in total. The molecule has 0 amide bonds. The number of hydrogen-bond acceptors (Lipinski definition) is 4. The molecule has 74 valence electrons. The van der Waals surface area contributed by atoms with Crippen LogP contribution in [0.15, 0.2) is 28.2 Å². The molecule has 2 aromatic heterocycles. The second kappa shape index (κ2) is 4.11. The average molecular weight is 216 g/mol. The highest BCUT2D eigenvalue weighted by Crippen LogP contribution is 2.21. The lowest BCUT2D eigenvalue weighted by molar-refractivity contribution is 0.557. The molecule has 0 radical (unpaired) electrons. The van der Waals surface area contributed by atoms with Crippen LogP contribution in [0, 0.1) is 18.3 Å². The van der Waals surface area contributed by atoms with Crippen molar-refractivity contribution in [3.05, 3.63) is 40.2 Å². The van der Waals surface area contributed by atoms with Crippen LogP contribution in [0.5, 0.6) is 0 Å². The third kappa shape index (κ3) is 2.14. The smallest absolute Gasteiger partial charge is 0.134 e. The number of thiazole rings is 1. The van der Waals surface area contributed by atoms with Gasteiger partial charge in [0.2, 0.25) is 0 Å². The molecular weight excluding hydrogens is 208 g/mol. The molecule has 0 fully saturated rings. The normalized spacial score (nSPS) is 11.3.